The third kappa shape index (κ3) is 4.48. The predicted molar refractivity (Wildman–Crippen MR) is 148 cm³/mol. The largest absolute Gasteiger partial charge is 0.465 e. The molecular weight excluding hydrogens is 518 g/mol. The Morgan fingerprint density at radius 1 is 1.13 bits per heavy atom. The number of hydrogen-bond donors (Lipinski definition) is 2. The summed E-state index contributed by atoms with van der Waals surface area (Å²) in [5.41, 5.74) is 6.60. The lowest BCUT2D eigenvalue weighted by Crippen LogP contribution is -2.24. The van der Waals surface area contributed by atoms with Crippen molar-refractivity contribution in [3.63, 3.8) is 0 Å². The van der Waals surface area contributed by atoms with Crippen molar-refractivity contribution >= 4 is 23.4 Å². The molecule has 0 spiro atoms. The van der Waals surface area contributed by atoms with Crippen molar-refractivity contribution in [2.24, 2.45) is 0 Å². The molecule has 2 aromatic carbocycles. The number of carbonyl (C=O) groups is 1. The van der Waals surface area contributed by atoms with Gasteiger partial charge in [-0.3, -0.25) is 9.69 Å². The summed E-state index contributed by atoms with van der Waals surface area (Å²) in [4.78, 5) is 33.8. The number of fused-ring (bicyclic) bond motifs is 1. The molecule has 1 amide bonds. The predicted octanol–water partition coefficient (Wildman–Crippen LogP) is 5.10. The number of pyridine rings is 1. The Hall–Kier alpha value is -4.70. The zero-order chi connectivity index (χ0) is 27.3. The highest BCUT2D eigenvalue weighted by Gasteiger charge is 2.28. The van der Waals surface area contributed by atoms with Gasteiger partial charge in [-0.15, -0.1) is 5.10 Å². The maximum Gasteiger partial charge on any atom is 0.411 e. The zero-order valence-electron chi connectivity index (χ0n) is 21.2. The fourth-order valence-corrected chi connectivity index (χ4v) is 5.21. The van der Waals surface area contributed by atoms with Crippen LogP contribution in [0, 0.1) is 6.92 Å². The van der Waals surface area contributed by atoms with E-state index in [4.69, 9.17) is 11.6 Å². The number of aromatic amines is 1. The van der Waals surface area contributed by atoms with Gasteiger partial charge in [0.25, 0.3) is 5.56 Å². The first-order valence-corrected chi connectivity index (χ1v) is 12.7. The van der Waals surface area contributed by atoms with Crippen LogP contribution in [0.4, 0.5) is 10.5 Å². The minimum Gasteiger partial charge on any atom is -0.465 e. The fourth-order valence-electron chi connectivity index (χ4n) is 5.08. The molecule has 0 unspecified atom stereocenters. The Kier molecular flexibility index (Phi) is 6.03. The van der Waals surface area contributed by atoms with Gasteiger partial charge >= 0.3 is 6.09 Å². The summed E-state index contributed by atoms with van der Waals surface area (Å²) in [6, 6.07) is 16.6. The number of aromatic nitrogens is 6. The fraction of sp³-hybridized carbons (Fsp3) is 0.179. The van der Waals surface area contributed by atoms with Gasteiger partial charge in [-0.05, 0) is 61.2 Å². The van der Waals surface area contributed by atoms with Gasteiger partial charge in [0, 0.05) is 30.1 Å². The van der Waals surface area contributed by atoms with Crippen molar-refractivity contribution in [1.82, 2.24) is 29.5 Å². The Labute approximate surface area is 228 Å². The van der Waals surface area contributed by atoms with Crippen LogP contribution < -0.4 is 10.5 Å². The van der Waals surface area contributed by atoms with E-state index in [-0.39, 0.29) is 11.6 Å². The summed E-state index contributed by atoms with van der Waals surface area (Å²) < 4.78 is 3.42. The summed E-state index contributed by atoms with van der Waals surface area (Å²) in [5, 5.41) is 17.5. The Morgan fingerprint density at radius 2 is 1.92 bits per heavy atom. The number of aryl methyl sites for hydroxylation is 2. The lowest BCUT2D eigenvalue weighted by atomic mass is 10.0. The molecule has 0 saturated carbocycles. The second kappa shape index (κ2) is 9.55. The van der Waals surface area contributed by atoms with Crippen molar-refractivity contribution in [3.8, 4) is 28.1 Å². The Balaban J connectivity index is 1.32. The number of rotatable bonds is 5. The number of H-pyrrole nitrogens is 1. The van der Waals surface area contributed by atoms with Crippen LogP contribution in [0.15, 0.2) is 71.8 Å². The number of hydrogen-bond acceptors (Lipinski definition) is 5. The van der Waals surface area contributed by atoms with Gasteiger partial charge in [-0.1, -0.05) is 40.6 Å². The van der Waals surface area contributed by atoms with E-state index in [1.165, 1.54) is 7.05 Å². The molecule has 1 atom stereocenters. The number of halogens is 1. The molecule has 1 aliphatic rings. The summed E-state index contributed by atoms with van der Waals surface area (Å²) in [5.74, 6) is 0.707. The standard InChI is InChI=1S/C28H24ClN7O3/c1-16-3-9-23(35-15-25(29)32-33-35)21(11-16)18-12-20-8-10-24(36(20)26(37)13-18)27-30-14-22(31-27)17-4-6-19(7-5-17)34(2)28(38)39/h3-7,9,11-15,24H,8,10H2,1-2H3,(H,30,31)(H,38,39)/t24-/m0/s1. The Bertz CT molecular complexity index is 1770. The highest BCUT2D eigenvalue weighted by atomic mass is 35.5. The second-order valence-corrected chi connectivity index (χ2v) is 9.96. The van der Waals surface area contributed by atoms with Crippen molar-refractivity contribution in [3.05, 3.63) is 99.6 Å². The van der Waals surface area contributed by atoms with Gasteiger partial charge in [0.2, 0.25) is 0 Å². The number of imidazole rings is 1. The Morgan fingerprint density at radius 3 is 2.64 bits per heavy atom. The molecule has 5 aromatic rings. The molecule has 0 bridgehead atoms. The van der Waals surface area contributed by atoms with Gasteiger partial charge in [0.15, 0.2) is 5.15 Å². The molecule has 0 radical (unpaired) electrons. The second-order valence-electron chi connectivity index (χ2n) is 9.58. The maximum absolute atomic E-state index is 13.5. The van der Waals surface area contributed by atoms with Gasteiger partial charge in [-0.2, -0.15) is 0 Å². The van der Waals surface area contributed by atoms with Crippen LogP contribution in [-0.4, -0.2) is 47.8 Å². The summed E-state index contributed by atoms with van der Waals surface area (Å²) in [6.07, 6.45) is 3.83. The number of nitrogens with one attached hydrogen (secondary N) is 1. The van der Waals surface area contributed by atoms with Crippen LogP contribution in [0.3, 0.4) is 0 Å². The quantitative estimate of drug-likeness (QED) is 0.319. The molecule has 2 N–H and O–H groups in total. The monoisotopic (exact) mass is 541 g/mol. The van der Waals surface area contributed by atoms with Gasteiger partial charge in [0.05, 0.1) is 29.8 Å². The zero-order valence-corrected chi connectivity index (χ0v) is 21.9. The molecule has 0 saturated heterocycles. The van der Waals surface area contributed by atoms with Crippen LogP contribution in [0.25, 0.3) is 28.1 Å². The van der Waals surface area contributed by atoms with Crippen LogP contribution in [-0.2, 0) is 6.42 Å². The van der Waals surface area contributed by atoms with E-state index in [1.807, 2.05) is 37.3 Å². The van der Waals surface area contributed by atoms with E-state index < -0.39 is 6.09 Å². The van der Waals surface area contributed by atoms with Crippen molar-refractivity contribution in [2.45, 2.75) is 25.8 Å². The van der Waals surface area contributed by atoms with E-state index >= 15 is 0 Å². The normalized spacial score (nSPS) is 14.4. The minimum atomic E-state index is -1.03. The number of benzene rings is 2. The smallest absolute Gasteiger partial charge is 0.411 e. The van der Waals surface area contributed by atoms with Gasteiger partial charge in [0.1, 0.15) is 5.82 Å². The average molecular weight is 542 g/mol. The highest BCUT2D eigenvalue weighted by molar-refractivity contribution is 6.29. The number of amides is 1. The van der Waals surface area contributed by atoms with Crippen LogP contribution >= 0.6 is 11.6 Å². The first-order chi connectivity index (χ1) is 18.8. The first-order valence-electron chi connectivity index (χ1n) is 12.3. The first kappa shape index (κ1) is 24.6. The molecular formula is C28H24ClN7O3. The van der Waals surface area contributed by atoms with Crippen LogP contribution in [0.2, 0.25) is 5.15 Å². The van der Waals surface area contributed by atoms with Gasteiger partial charge in [-0.25, -0.2) is 14.5 Å². The number of anilines is 1. The molecule has 39 heavy (non-hydrogen) atoms. The van der Waals surface area contributed by atoms with Crippen LogP contribution in [0.5, 0.6) is 0 Å². The lowest BCUT2D eigenvalue weighted by molar-refractivity contribution is 0.203. The molecule has 0 fully saturated rings. The number of nitrogens with zero attached hydrogens (tertiary/aromatic N) is 6. The molecule has 1 aliphatic heterocycles. The SMILES string of the molecule is Cc1ccc(-n2cc(Cl)nn2)c(-c2cc3n(c(=O)c2)[C@H](c2ncc(-c4ccc(N(C)C(=O)O)cc4)[nH]2)CC3)c1. The van der Waals surface area contributed by atoms with Crippen molar-refractivity contribution in [1.29, 1.82) is 0 Å². The molecule has 196 valence electrons. The molecule has 6 rings (SSSR count). The van der Waals surface area contributed by atoms with E-state index in [1.54, 1.807) is 39.8 Å². The molecule has 3 aromatic heterocycles. The third-order valence-corrected chi connectivity index (χ3v) is 7.25. The average Bonchev–Trinajstić information content (AvgIpc) is 3.68. The minimum absolute atomic E-state index is 0.104. The topological polar surface area (TPSA) is 122 Å². The molecule has 0 aliphatic carbocycles. The maximum atomic E-state index is 13.5. The van der Waals surface area contributed by atoms with E-state index in [0.29, 0.717) is 16.7 Å². The summed E-state index contributed by atoms with van der Waals surface area (Å²) >= 11 is 6.01. The molecule has 10 nitrogen and oxygen atoms in total. The van der Waals surface area contributed by atoms with E-state index in [0.717, 1.165) is 57.1 Å². The molecule has 4 heterocycles. The third-order valence-electron chi connectivity index (χ3n) is 7.07. The van der Waals surface area contributed by atoms with Gasteiger partial charge < -0.3 is 14.7 Å². The van der Waals surface area contributed by atoms with Crippen molar-refractivity contribution in [2.75, 3.05) is 11.9 Å². The summed E-state index contributed by atoms with van der Waals surface area (Å²) in [6.45, 7) is 2.00. The van der Waals surface area contributed by atoms with Crippen LogP contribution in [0.1, 0.15) is 29.5 Å². The van der Waals surface area contributed by atoms with Crippen molar-refractivity contribution < 1.29 is 9.90 Å². The van der Waals surface area contributed by atoms with E-state index in [2.05, 4.69) is 26.3 Å². The highest BCUT2D eigenvalue weighted by Crippen LogP contribution is 2.34. The summed E-state index contributed by atoms with van der Waals surface area (Å²) in [7, 11) is 1.50. The molecule has 11 heteroatoms. The number of carboxylic acid groups (broad SMARTS) is 1. The lowest BCUT2D eigenvalue weighted by Gasteiger charge is -2.15. The van der Waals surface area contributed by atoms with E-state index in [9.17, 15) is 14.7 Å².